The third kappa shape index (κ3) is 4.43. The first-order valence-corrected chi connectivity index (χ1v) is 8.59. The average molecular weight is 362 g/mol. The number of amides is 1. The minimum absolute atomic E-state index is 0.0493. The lowest BCUT2D eigenvalue weighted by atomic mass is 10.2. The van der Waals surface area contributed by atoms with Gasteiger partial charge in [-0.2, -0.15) is 0 Å². The Morgan fingerprint density at radius 2 is 2.00 bits per heavy atom. The van der Waals surface area contributed by atoms with Gasteiger partial charge in [0.15, 0.2) is 5.82 Å². The largest absolute Gasteiger partial charge is 0.340 e. The number of hydrogen-bond acceptors (Lipinski definition) is 5. The molecule has 132 valence electrons. The second-order valence-corrected chi connectivity index (χ2v) is 6.58. The number of carbonyl (C=O) groups is 1. The van der Waals surface area contributed by atoms with E-state index >= 15 is 0 Å². The molecule has 8 heteroatoms. The molecule has 1 amide bonds. The summed E-state index contributed by atoms with van der Waals surface area (Å²) in [6, 6.07) is 7.02. The quantitative estimate of drug-likeness (QED) is 0.884. The molecule has 0 spiro atoms. The first-order valence-electron chi connectivity index (χ1n) is 8.21. The van der Waals surface area contributed by atoms with Crippen molar-refractivity contribution in [2.45, 2.75) is 12.8 Å². The van der Waals surface area contributed by atoms with Crippen molar-refractivity contribution in [1.82, 2.24) is 25.0 Å². The van der Waals surface area contributed by atoms with Gasteiger partial charge in [-0.25, -0.2) is 0 Å². The van der Waals surface area contributed by atoms with Crippen LogP contribution in [-0.2, 0) is 11.2 Å². The number of likely N-dealkylation sites (N-methyl/N-ethyl adjacent to an activating group) is 1. The van der Waals surface area contributed by atoms with Crippen LogP contribution in [0.4, 0.5) is 0 Å². The van der Waals surface area contributed by atoms with E-state index in [4.69, 9.17) is 11.6 Å². The van der Waals surface area contributed by atoms with Crippen LogP contribution >= 0.6 is 11.6 Å². The zero-order valence-electron chi connectivity index (χ0n) is 14.0. The van der Waals surface area contributed by atoms with Crippen LogP contribution in [0.25, 0.3) is 11.4 Å². The van der Waals surface area contributed by atoms with Gasteiger partial charge in [0.05, 0.1) is 0 Å². The lowest BCUT2D eigenvalue weighted by Gasteiger charge is -2.32. The van der Waals surface area contributed by atoms with Crippen molar-refractivity contribution in [3.05, 3.63) is 45.3 Å². The van der Waals surface area contributed by atoms with Crippen LogP contribution in [0, 0.1) is 0 Å². The van der Waals surface area contributed by atoms with Gasteiger partial charge >= 0.3 is 0 Å². The second kappa shape index (κ2) is 7.76. The predicted molar refractivity (Wildman–Crippen MR) is 95.5 cm³/mol. The van der Waals surface area contributed by atoms with Crippen molar-refractivity contribution in [3.63, 3.8) is 0 Å². The van der Waals surface area contributed by atoms with Crippen molar-refractivity contribution in [1.29, 1.82) is 0 Å². The smallest absolute Gasteiger partial charge is 0.273 e. The minimum atomic E-state index is -0.323. The zero-order chi connectivity index (χ0) is 17.8. The van der Waals surface area contributed by atoms with Gasteiger partial charge in [0.2, 0.25) is 5.91 Å². The van der Waals surface area contributed by atoms with Gasteiger partial charge in [0.25, 0.3) is 5.56 Å². The van der Waals surface area contributed by atoms with Crippen LogP contribution in [0.2, 0.25) is 5.02 Å². The predicted octanol–water partition coefficient (Wildman–Crippen LogP) is 1.19. The van der Waals surface area contributed by atoms with E-state index in [1.54, 1.807) is 24.3 Å². The van der Waals surface area contributed by atoms with E-state index in [0.29, 0.717) is 16.4 Å². The van der Waals surface area contributed by atoms with Gasteiger partial charge in [0, 0.05) is 49.6 Å². The third-order valence-electron chi connectivity index (χ3n) is 4.29. The van der Waals surface area contributed by atoms with E-state index in [0.717, 1.165) is 26.2 Å². The lowest BCUT2D eigenvalue weighted by Crippen LogP contribution is -2.47. The molecular formula is C17H20ClN5O2. The summed E-state index contributed by atoms with van der Waals surface area (Å²) in [5, 5.41) is 8.61. The fraction of sp³-hybridized carbons (Fsp3) is 0.412. The van der Waals surface area contributed by atoms with Crippen LogP contribution in [-0.4, -0.2) is 64.1 Å². The molecule has 1 aliphatic heterocycles. The van der Waals surface area contributed by atoms with E-state index in [1.807, 2.05) is 11.9 Å². The maximum Gasteiger partial charge on any atom is 0.273 e. The Labute approximate surface area is 150 Å². The molecule has 1 N–H and O–H groups in total. The van der Waals surface area contributed by atoms with E-state index in [-0.39, 0.29) is 30.0 Å². The monoisotopic (exact) mass is 361 g/mol. The molecule has 0 radical (unpaired) electrons. The number of aryl methyl sites for hydroxylation is 1. The first-order chi connectivity index (χ1) is 12.0. The van der Waals surface area contributed by atoms with Gasteiger partial charge in [-0.1, -0.05) is 23.7 Å². The molecule has 1 aromatic heterocycles. The number of benzene rings is 1. The molecular weight excluding hydrogens is 342 g/mol. The first kappa shape index (κ1) is 17.6. The van der Waals surface area contributed by atoms with Gasteiger partial charge in [0.1, 0.15) is 5.69 Å². The highest BCUT2D eigenvalue weighted by Crippen LogP contribution is 2.17. The number of hydrogen-bond donors (Lipinski definition) is 1. The molecule has 1 saturated heterocycles. The highest BCUT2D eigenvalue weighted by Gasteiger charge is 2.19. The summed E-state index contributed by atoms with van der Waals surface area (Å²) in [6.07, 6.45) is 0.543. The molecule has 0 atom stereocenters. The molecule has 1 fully saturated rings. The zero-order valence-corrected chi connectivity index (χ0v) is 14.8. The SMILES string of the molecule is CN1CCN(C(=O)CCc2nnc(-c3cccc(Cl)c3)[nH]c2=O)CC1. The van der Waals surface area contributed by atoms with Gasteiger partial charge in [-0.3, -0.25) is 9.59 Å². The number of aromatic nitrogens is 3. The van der Waals surface area contributed by atoms with Gasteiger partial charge < -0.3 is 14.8 Å². The maximum absolute atomic E-state index is 12.2. The van der Waals surface area contributed by atoms with E-state index < -0.39 is 0 Å². The average Bonchev–Trinajstić information content (AvgIpc) is 2.61. The van der Waals surface area contributed by atoms with Crippen molar-refractivity contribution in [3.8, 4) is 11.4 Å². The topological polar surface area (TPSA) is 82.2 Å². The highest BCUT2D eigenvalue weighted by atomic mass is 35.5. The molecule has 0 unspecified atom stereocenters. The van der Waals surface area contributed by atoms with Gasteiger partial charge in [-0.15, -0.1) is 10.2 Å². The van der Waals surface area contributed by atoms with Crippen LogP contribution in [0.15, 0.2) is 29.1 Å². The normalized spacial score (nSPS) is 15.4. The summed E-state index contributed by atoms with van der Waals surface area (Å²) in [5.41, 5.74) is 0.640. The fourth-order valence-electron chi connectivity index (χ4n) is 2.73. The fourth-order valence-corrected chi connectivity index (χ4v) is 2.92. The van der Waals surface area contributed by atoms with Crippen molar-refractivity contribution in [2.75, 3.05) is 33.2 Å². The molecule has 25 heavy (non-hydrogen) atoms. The number of nitrogens with one attached hydrogen (secondary N) is 1. The standard InChI is InChI=1S/C17H20ClN5O2/c1-22-7-9-23(10-8-22)15(24)6-5-14-17(25)19-16(21-20-14)12-3-2-4-13(18)11-12/h2-4,11H,5-10H2,1H3,(H,19,21,25). The molecule has 2 aromatic rings. The number of rotatable bonds is 4. The summed E-state index contributed by atoms with van der Waals surface area (Å²) in [4.78, 5) is 31.2. The summed E-state index contributed by atoms with van der Waals surface area (Å²) < 4.78 is 0. The lowest BCUT2D eigenvalue weighted by molar-refractivity contribution is -0.132. The Morgan fingerprint density at radius 1 is 1.24 bits per heavy atom. The molecule has 0 aliphatic carbocycles. The molecule has 1 aromatic carbocycles. The van der Waals surface area contributed by atoms with Crippen LogP contribution < -0.4 is 5.56 Å². The Bertz CT molecular complexity index is 815. The van der Waals surface area contributed by atoms with Crippen LogP contribution in [0.3, 0.4) is 0 Å². The Kier molecular flexibility index (Phi) is 5.45. The minimum Gasteiger partial charge on any atom is -0.340 e. The number of H-pyrrole nitrogens is 1. The van der Waals surface area contributed by atoms with Gasteiger partial charge in [-0.05, 0) is 19.2 Å². The van der Waals surface area contributed by atoms with E-state index in [2.05, 4.69) is 20.1 Å². The number of nitrogens with zero attached hydrogens (tertiary/aromatic N) is 4. The molecule has 3 rings (SSSR count). The Balaban J connectivity index is 1.64. The molecule has 2 heterocycles. The van der Waals surface area contributed by atoms with Crippen molar-refractivity contribution in [2.24, 2.45) is 0 Å². The highest BCUT2D eigenvalue weighted by molar-refractivity contribution is 6.30. The molecule has 0 bridgehead atoms. The van der Waals surface area contributed by atoms with Crippen LogP contribution in [0.1, 0.15) is 12.1 Å². The third-order valence-corrected chi connectivity index (χ3v) is 4.53. The Hall–Kier alpha value is -2.25. The summed E-state index contributed by atoms with van der Waals surface area (Å²) in [7, 11) is 2.04. The maximum atomic E-state index is 12.2. The number of piperazine rings is 1. The number of aromatic amines is 1. The van der Waals surface area contributed by atoms with E-state index in [9.17, 15) is 9.59 Å². The summed E-state index contributed by atoms with van der Waals surface area (Å²) >= 11 is 5.95. The Morgan fingerprint density at radius 3 is 2.68 bits per heavy atom. The number of halogens is 1. The van der Waals surface area contributed by atoms with Crippen molar-refractivity contribution < 1.29 is 4.79 Å². The molecule has 7 nitrogen and oxygen atoms in total. The summed E-state index contributed by atoms with van der Waals surface area (Å²) in [5.74, 6) is 0.412. The summed E-state index contributed by atoms with van der Waals surface area (Å²) in [6.45, 7) is 3.21. The molecule has 1 aliphatic rings. The second-order valence-electron chi connectivity index (χ2n) is 6.14. The van der Waals surface area contributed by atoms with Crippen molar-refractivity contribution >= 4 is 17.5 Å². The number of carbonyl (C=O) groups excluding carboxylic acids is 1. The molecule has 0 saturated carbocycles. The van der Waals surface area contributed by atoms with E-state index in [1.165, 1.54) is 0 Å². The van der Waals surface area contributed by atoms with Crippen LogP contribution in [0.5, 0.6) is 0 Å².